The monoisotopic (exact) mass is 769 g/mol. The fourth-order valence-corrected chi connectivity index (χ4v) is 5.23. The normalized spacial score (nSPS) is 13.4. The zero-order valence-corrected chi connectivity index (χ0v) is 27.4. The Bertz CT molecular complexity index is 2000. The van der Waals surface area contributed by atoms with Gasteiger partial charge in [0.2, 0.25) is 0 Å². The van der Waals surface area contributed by atoms with Crippen molar-refractivity contribution in [3.63, 3.8) is 0 Å². The minimum Gasteiger partial charge on any atom is -0.497 e. The first kappa shape index (κ1) is 26.6. The number of hydrogen-bond acceptors (Lipinski definition) is 5. The van der Waals surface area contributed by atoms with Gasteiger partial charge in [-0.2, -0.15) is 0 Å². The summed E-state index contributed by atoms with van der Waals surface area (Å²) in [6.45, 7) is 4.33. The maximum Gasteiger partial charge on any atom is 0.138 e. The standard InChI is InChI=1S/C23H13N2O2.C16H18N.Ir/c1-3-10-19-17(8-1)25-18-9-2-4-11-20(18)27-23-15(16-7-5-6-14-24-16)12-13-21(26-19)22(23)25;1-12-5-7-13(8-6-12)15-10-9-14(11-17-15)16(2,3)4;/h1-11,13-14H;5-7,9-11H,1-4H3;/q2*-1;/i;1D3;. The largest absolute Gasteiger partial charge is 0.497 e. The molecular formula is C39H31IrN3O2-2. The molecule has 2 aliphatic heterocycles. The molecule has 6 aromatic rings. The SMILES string of the molecule is [2H]C([2H])([2H])c1c[c-]c(-c2ccc(C(C)(C)C)cn2)cc1.[Ir].[c-]1cc2c3c(c1-c1ccccn1)Oc1ccccc1N3c1ccccc1O2. The van der Waals surface area contributed by atoms with Crippen LogP contribution in [0.5, 0.6) is 23.0 Å². The van der Waals surface area contributed by atoms with Gasteiger partial charge in [0.25, 0.3) is 0 Å². The van der Waals surface area contributed by atoms with Crippen molar-refractivity contribution in [2.75, 3.05) is 4.90 Å². The zero-order valence-electron chi connectivity index (χ0n) is 28.0. The van der Waals surface area contributed by atoms with E-state index in [4.69, 9.17) is 13.6 Å². The molecule has 4 aromatic carbocycles. The van der Waals surface area contributed by atoms with Crippen LogP contribution in [0.1, 0.15) is 36.0 Å². The Labute approximate surface area is 282 Å². The van der Waals surface area contributed by atoms with E-state index in [0.29, 0.717) is 11.3 Å². The first-order chi connectivity index (χ1) is 22.6. The van der Waals surface area contributed by atoms with Gasteiger partial charge in [-0.1, -0.05) is 81.7 Å². The number of rotatable bonds is 2. The van der Waals surface area contributed by atoms with Crippen molar-refractivity contribution >= 4 is 17.1 Å². The van der Waals surface area contributed by atoms with E-state index in [1.807, 2.05) is 79.0 Å². The van der Waals surface area contributed by atoms with Gasteiger partial charge in [-0.15, -0.1) is 47.5 Å². The van der Waals surface area contributed by atoms with E-state index in [1.54, 1.807) is 18.3 Å². The van der Waals surface area contributed by atoms with Crippen LogP contribution in [-0.4, -0.2) is 9.97 Å². The Morgan fingerprint density at radius 2 is 1.44 bits per heavy atom. The molecule has 1 radical (unpaired) electrons. The van der Waals surface area contributed by atoms with Crippen LogP contribution in [0, 0.1) is 19.0 Å². The van der Waals surface area contributed by atoms with Gasteiger partial charge in [0, 0.05) is 42.3 Å². The third kappa shape index (κ3) is 5.87. The number of para-hydroxylation sites is 4. The molecule has 0 N–H and O–H groups in total. The molecule has 2 aromatic heterocycles. The molecule has 5 nitrogen and oxygen atoms in total. The molecule has 4 heterocycles. The molecule has 0 spiro atoms. The summed E-state index contributed by atoms with van der Waals surface area (Å²) in [7, 11) is 0. The predicted octanol–water partition coefficient (Wildman–Crippen LogP) is 10.4. The summed E-state index contributed by atoms with van der Waals surface area (Å²) in [5.74, 6) is 3.04. The number of fused-ring (bicyclic) bond motifs is 4. The Morgan fingerprint density at radius 1 is 0.711 bits per heavy atom. The summed E-state index contributed by atoms with van der Waals surface area (Å²) < 4.78 is 34.5. The molecule has 6 heteroatoms. The molecule has 0 saturated heterocycles. The van der Waals surface area contributed by atoms with Crippen LogP contribution in [0.25, 0.3) is 22.5 Å². The third-order valence-electron chi connectivity index (χ3n) is 7.53. The van der Waals surface area contributed by atoms with Gasteiger partial charge in [0.1, 0.15) is 11.5 Å². The van der Waals surface area contributed by atoms with Gasteiger partial charge in [0.15, 0.2) is 0 Å². The van der Waals surface area contributed by atoms with Gasteiger partial charge < -0.3 is 24.3 Å². The number of aryl methyl sites for hydroxylation is 1. The number of anilines is 3. The van der Waals surface area contributed by atoms with Crippen LogP contribution >= 0.6 is 0 Å². The van der Waals surface area contributed by atoms with E-state index < -0.39 is 6.85 Å². The molecule has 8 rings (SSSR count). The molecule has 0 amide bonds. The van der Waals surface area contributed by atoms with Crippen molar-refractivity contribution in [2.45, 2.75) is 33.0 Å². The number of aromatic nitrogens is 2. The number of pyridine rings is 2. The van der Waals surface area contributed by atoms with Gasteiger partial charge in [0.05, 0.1) is 22.9 Å². The smallest absolute Gasteiger partial charge is 0.138 e. The summed E-state index contributed by atoms with van der Waals surface area (Å²) in [5, 5.41) is 0. The second-order valence-corrected chi connectivity index (χ2v) is 11.6. The van der Waals surface area contributed by atoms with Gasteiger partial charge in [-0.25, -0.2) is 0 Å². The van der Waals surface area contributed by atoms with Gasteiger partial charge >= 0.3 is 0 Å². The number of nitrogens with zero attached hydrogens (tertiary/aromatic N) is 3. The van der Waals surface area contributed by atoms with Crippen molar-refractivity contribution < 1.29 is 33.7 Å². The summed E-state index contributed by atoms with van der Waals surface area (Å²) in [5.41, 5.74) is 7.62. The molecule has 0 aliphatic carbocycles. The summed E-state index contributed by atoms with van der Waals surface area (Å²) in [6, 6.07) is 38.9. The van der Waals surface area contributed by atoms with Crippen LogP contribution in [0.2, 0.25) is 0 Å². The summed E-state index contributed by atoms with van der Waals surface area (Å²) in [6.07, 6.45) is 3.64. The number of ether oxygens (including phenoxy) is 2. The maximum absolute atomic E-state index is 7.34. The molecule has 0 unspecified atom stereocenters. The van der Waals surface area contributed by atoms with Crippen molar-refractivity contribution in [1.29, 1.82) is 0 Å². The fourth-order valence-electron chi connectivity index (χ4n) is 5.23. The van der Waals surface area contributed by atoms with Crippen molar-refractivity contribution in [3.05, 3.63) is 139 Å². The quantitative estimate of drug-likeness (QED) is 0.164. The van der Waals surface area contributed by atoms with Gasteiger partial charge in [-0.05, 0) is 52.7 Å². The Morgan fingerprint density at radius 3 is 2.07 bits per heavy atom. The predicted molar refractivity (Wildman–Crippen MR) is 175 cm³/mol. The third-order valence-corrected chi connectivity index (χ3v) is 7.53. The second-order valence-electron chi connectivity index (χ2n) is 11.6. The average molecular weight is 769 g/mol. The summed E-state index contributed by atoms with van der Waals surface area (Å²) >= 11 is 0. The van der Waals surface area contributed by atoms with Crippen LogP contribution in [-0.2, 0) is 25.5 Å². The Kier molecular flexibility index (Phi) is 7.28. The van der Waals surface area contributed by atoms with Gasteiger partial charge in [-0.3, -0.25) is 0 Å². The van der Waals surface area contributed by atoms with Crippen LogP contribution in [0.3, 0.4) is 0 Å². The Balaban J connectivity index is 0.000000172. The van der Waals surface area contributed by atoms with E-state index in [2.05, 4.69) is 59.9 Å². The molecule has 225 valence electrons. The minimum absolute atomic E-state index is 0. The van der Waals surface area contributed by atoms with Crippen LogP contribution in [0.4, 0.5) is 17.1 Å². The first-order valence-electron chi connectivity index (χ1n) is 15.9. The van der Waals surface area contributed by atoms with Crippen molar-refractivity contribution in [3.8, 4) is 45.5 Å². The summed E-state index contributed by atoms with van der Waals surface area (Å²) in [4.78, 5) is 11.1. The first-order valence-corrected chi connectivity index (χ1v) is 14.4. The fraction of sp³-hybridized carbons (Fsp3) is 0.128. The molecular weight excluding hydrogens is 735 g/mol. The van der Waals surface area contributed by atoms with E-state index in [1.165, 1.54) is 11.6 Å². The number of hydrogen-bond donors (Lipinski definition) is 0. The van der Waals surface area contributed by atoms with Crippen molar-refractivity contribution in [1.82, 2.24) is 9.97 Å². The van der Waals surface area contributed by atoms with Crippen molar-refractivity contribution in [2.24, 2.45) is 0 Å². The topological polar surface area (TPSA) is 47.5 Å². The second kappa shape index (κ2) is 12.3. The Hall–Kier alpha value is -4.77. The minimum atomic E-state index is -2.08. The molecule has 2 aliphatic rings. The van der Waals surface area contributed by atoms with E-state index >= 15 is 0 Å². The van der Waals surface area contributed by atoms with Crippen LogP contribution in [0.15, 0.2) is 116 Å². The van der Waals surface area contributed by atoms with Crippen LogP contribution < -0.4 is 14.4 Å². The molecule has 0 bridgehead atoms. The average Bonchev–Trinajstić information content (AvgIpc) is 3.08. The molecule has 0 saturated carbocycles. The number of benzene rings is 4. The molecule has 45 heavy (non-hydrogen) atoms. The maximum atomic E-state index is 7.34. The van der Waals surface area contributed by atoms with E-state index in [9.17, 15) is 0 Å². The van der Waals surface area contributed by atoms with E-state index in [0.717, 1.165) is 56.8 Å². The van der Waals surface area contributed by atoms with E-state index in [-0.39, 0.29) is 25.5 Å². The molecule has 0 atom stereocenters. The molecule has 0 fully saturated rings. The zero-order chi connectivity index (χ0) is 32.8.